The zero-order chi connectivity index (χ0) is 24.7. The van der Waals surface area contributed by atoms with Crippen molar-refractivity contribution in [2.75, 3.05) is 12.3 Å². The molecule has 0 atom stereocenters. The lowest BCUT2D eigenvalue weighted by Crippen LogP contribution is -2.26. The molecule has 0 saturated heterocycles. The SMILES string of the molecule is N#Cc1c(N)nc2c(c1-c1ccco1)CNCC2.O=C(O)C(F)(F)F.O=C(O)C(F)(F)F. The van der Waals surface area contributed by atoms with Crippen molar-refractivity contribution in [1.29, 1.82) is 5.26 Å². The molecule has 3 rings (SSSR count). The van der Waals surface area contributed by atoms with Crippen LogP contribution in [0.15, 0.2) is 22.8 Å². The molecule has 9 nitrogen and oxygen atoms in total. The minimum absolute atomic E-state index is 0.282. The van der Waals surface area contributed by atoms with E-state index in [9.17, 15) is 31.6 Å². The van der Waals surface area contributed by atoms with Crippen molar-refractivity contribution in [3.05, 3.63) is 35.2 Å². The highest BCUT2D eigenvalue weighted by atomic mass is 19.4. The first-order chi connectivity index (χ1) is 14.7. The summed E-state index contributed by atoms with van der Waals surface area (Å²) in [5.74, 6) is -4.56. The number of nitrogens with one attached hydrogen (secondary N) is 1. The van der Waals surface area contributed by atoms with Gasteiger partial charge in [0.05, 0.1) is 6.26 Å². The largest absolute Gasteiger partial charge is 0.490 e. The van der Waals surface area contributed by atoms with Gasteiger partial charge in [-0.1, -0.05) is 0 Å². The number of carbonyl (C=O) groups is 2. The molecule has 2 aromatic heterocycles. The average molecular weight is 468 g/mol. The van der Waals surface area contributed by atoms with E-state index in [1.54, 1.807) is 12.3 Å². The van der Waals surface area contributed by atoms with Gasteiger partial charge < -0.3 is 25.7 Å². The van der Waals surface area contributed by atoms with Crippen LogP contribution in [0.1, 0.15) is 16.8 Å². The van der Waals surface area contributed by atoms with Gasteiger partial charge in [-0.15, -0.1) is 0 Å². The molecule has 0 spiro atoms. The van der Waals surface area contributed by atoms with Crippen LogP contribution in [0, 0.1) is 11.3 Å². The van der Waals surface area contributed by atoms with Crippen molar-refractivity contribution in [2.45, 2.75) is 25.3 Å². The first-order valence-electron chi connectivity index (χ1n) is 8.26. The van der Waals surface area contributed by atoms with Crippen LogP contribution in [-0.4, -0.2) is 46.0 Å². The second-order valence-electron chi connectivity index (χ2n) is 5.79. The molecular formula is C17H14F6N4O5. The zero-order valence-electron chi connectivity index (χ0n) is 15.7. The predicted octanol–water partition coefficient (Wildman–Crippen LogP) is 2.71. The van der Waals surface area contributed by atoms with Gasteiger partial charge in [-0.2, -0.15) is 31.6 Å². The molecule has 32 heavy (non-hydrogen) atoms. The molecule has 0 fully saturated rings. The Morgan fingerprint density at radius 1 is 1.16 bits per heavy atom. The number of nitriles is 1. The minimum Gasteiger partial charge on any atom is -0.475 e. The third-order valence-corrected chi connectivity index (χ3v) is 3.62. The highest BCUT2D eigenvalue weighted by molar-refractivity contribution is 5.76. The third kappa shape index (κ3) is 7.16. The number of nitrogens with zero attached hydrogens (tertiary/aromatic N) is 2. The lowest BCUT2D eigenvalue weighted by atomic mass is 9.95. The Hall–Kier alpha value is -3.80. The number of hydrogen-bond donors (Lipinski definition) is 4. The summed E-state index contributed by atoms with van der Waals surface area (Å²) in [6.45, 7) is 1.57. The number of carboxylic acid groups (broad SMARTS) is 2. The van der Waals surface area contributed by atoms with E-state index in [2.05, 4.69) is 16.4 Å². The molecule has 0 radical (unpaired) electrons. The van der Waals surface area contributed by atoms with Gasteiger partial charge in [-0.3, -0.25) is 0 Å². The van der Waals surface area contributed by atoms with Gasteiger partial charge in [-0.05, 0) is 17.7 Å². The normalized spacial score (nSPS) is 12.8. The van der Waals surface area contributed by atoms with Crippen molar-refractivity contribution in [3.63, 3.8) is 0 Å². The van der Waals surface area contributed by atoms with Gasteiger partial charge >= 0.3 is 24.3 Å². The van der Waals surface area contributed by atoms with Crippen molar-refractivity contribution >= 4 is 17.8 Å². The highest BCUT2D eigenvalue weighted by Crippen LogP contribution is 2.33. The van der Waals surface area contributed by atoms with Gasteiger partial charge in [0.15, 0.2) is 0 Å². The molecule has 0 saturated carbocycles. The number of rotatable bonds is 1. The van der Waals surface area contributed by atoms with Crippen LogP contribution < -0.4 is 11.1 Å². The fraction of sp³-hybridized carbons (Fsp3) is 0.294. The summed E-state index contributed by atoms with van der Waals surface area (Å²) in [4.78, 5) is 22.1. The molecule has 0 aliphatic carbocycles. The first kappa shape index (κ1) is 26.2. The molecule has 15 heteroatoms. The smallest absolute Gasteiger partial charge is 0.475 e. The van der Waals surface area contributed by atoms with Gasteiger partial charge in [0.1, 0.15) is 23.2 Å². The second kappa shape index (κ2) is 10.5. The monoisotopic (exact) mass is 468 g/mol. The molecule has 0 unspecified atom stereocenters. The van der Waals surface area contributed by atoms with E-state index in [4.69, 9.17) is 30.0 Å². The number of anilines is 1. The number of nitrogen functional groups attached to an aromatic ring is 1. The molecule has 1 aliphatic heterocycles. The van der Waals surface area contributed by atoms with E-state index in [0.29, 0.717) is 17.9 Å². The number of pyridine rings is 1. The molecule has 5 N–H and O–H groups in total. The van der Waals surface area contributed by atoms with Gasteiger partial charge in [-0.25, -0.2) is 14.6 Å². The summed E-state index contributed by atoms with van der Waals surface area (Å²) in [7, 11) is 0. The van der Waals surface area contributed by atoms with Gasteiger partial charge in [0.2, 0.25) is 0 Å². The fourth-order valence-electron chi connectivity index (χ4n) is 2.32. The first-order valence-corrected chi connectivity index (χ1v) is 8.26. The summed E-state index contributed by atoms with van der Waals surface area (Å²) in [6, 6.07) is 5.77. The average Bonchev–Trinajstić information content (AvgIpc) is 3.20. The maximum Gasteiger partial charge on any atom is 0.490 e. The van der Waals surface area contributed by atoms with Crippen LogP contribution in [0.25, 0.3) is 11.3 Å². The van der Waals surface area contributed by atoms with Gasteiger partial charge in [0, 0.05) is 30.8 Å². The molecule has 0 bridgehead atoms. The summed E-state index contributed by atoms with van der Waals surface area (Å²) >= 11 is 0. The number of alkyl halides is 6. The third-order valence-electron chi connectivity index (χ3n) is 3.62. The van der Waals surface area contributed by atoms with Gasteiger partial charge in [0.25, 0.3) is 0 Å². The topological polar surface area (TPSA) is 162 Å². The van der Waals surface area contributed by atoms with E-state index >= 15 is 0 Å². The van der Waals surface area contributed by atoms with Crippen molar-refractivity contribution in [1.82, 2.24) is 10.3 Å². The Kier molecular flexibility index (Phi) is 8.60. The van der Waals surface area contributed by atoms with Crippen LogP contribution in [0.4, 0.5) is 32.2 Å². The number of aromatic nitrogens is 1. The number of fused-ring (bicyclic) bond motifs is 1. The molecule has 0 amide bonds. The van der Waals surface area contributed by atoms with Crippen LogP contribution in [0.3, 0.4) is 0 Å². The molecular weight excluding hydrogens is 454 g/mol. The summed E-state index contributed by atoms with van der Waals surface area (Å²) in [5, 5.41) is 26.8. The van der Waals surface area contributed by atoms with E-state index in [1.807, 2.05) is 6.07 Å². The Morgan fingerprint density at radius 2 is 1.69 bits per heavy atom. The Labute approximate surface area is 175 Å². The summed E-state index contributed by atoms with van der Waals surface area (Å²) in [5.41, 5.74) is 9.01. The fourth-order valence-corrected chi connectivity index (χ4v) is 2.32. The maximum absolute atomic E-state index is 10.6. The van der Waals surface area contributed by atoms with Crippen molar-refractivity contribution < 1.29 is 50.6 Å². The maximum atomic E-state index is 10.6. The Morgan fingerprint density at radius 3 is 2.09 bits per heavy atom. The Balaban J connectivity index is 0.000000305. The zero-order valence-corrected chi connectivity index (χ0v) is 15.7. The van der Waals surface area contributed by atoms with Crippen molar-refractivity contribution in [3.8, 4) is 17.4 Å². The van der Waals surface area contributed by atoms with E-state index in [0.717, 1.165) is 29.8 Å². The molecule has 2 aromatic rings. The quantitative estimate of drug-likeness (QED) is 0.461. The summed E-state index contributed by atoms with van der Waals surface area (Å²) < 4.78 is 68.9. The lowest BCUT2D eigenvalue weighted by molar-refractivity contribution is -0.193. The number of halogens is 6. The lowest BCUT2D eigenvalue weighted by Gasteiger charge is -2.20. The number of carboxylic acids is 2. The Bertz CT molecular complexity index is 973. The number of furan rings is 1. The van der Waals surface area contributed by atoms with E-state index < -0.39 is 24.3 Å². The molecule has 174 valence electrons. The molecule has 0 aromatic carbocycles. The summed E-state index contributed by atoms with van der Waals surface area (Å²) in [6.07, 6.45) is -7.76. The van der Waals surface area contributed by atoms with Crippen LogP contribution >= 0.6 is 0 Å². The second-order valence-corrected chi connectivity index (χ2v) is 5.79. The molecule has 3 heterocycles. The standard InChI is InChI=1S/C13H12N4O.2C2HF3O2/c14-6-8-12(11-2-1-5-18-11)9-7-16-4-3-10(9)17-13(8)15;2*3-2(4,5)1(6)7/h1-2,5,16H,3-4,7H2,(H2,15,17);2*(H,6,7). The molecule has 1 aliphatic rings. The van der Waals surface area contributed by atoms with Crippen molar-refractivity contribution in [2.24, 2.45) is 0 Å². The highest BCUT2D eigenvalue weighted by Gasteiger charge is 2.38. The van der Waals surface area contributed by atoms with E-state index in [1.165, 1.54) is 0 Å². The minimum atomic E-state index is -5.08. The van der Waals surface area contributed by atoms with E-state index in [-0.39, 0.29) is 5.82 Å². The number of hydrogen-bond acceptors (Lipinski definition) is 7. The predicted molar refractivity (Wildman–Crippen MR) is 93.9 cm³/mol. The number of nitrogens with two attached hydrogens (primary N) is 1. The van der Waals surface area contributed by atoms with Crippen LogP contribution in [0.2, 0.25) is 0 Å². The number of aliphatic carboxylic acids is 2. The van der Waals surface area contributed by atoms with Crippen LogP contribution in [-0.2, 0) is 22.6 Å². The van der Waals surface area contributed by atoms with Crippen LogP contribution in [0.5, 0.6) is 0 Å².